The molecule has 7 nitrogen and oxygen atoms in total. The smallest absolute Gasteiger partial charge is 0.198 e. The first-order chi connectivity index (χ1) is 18.4. The van der Waals surface area contributed by atoms with Gasteiger partial charge in [-0.25, -0.2) is 4.98 Å². The Morgan fingerprint density at radius 3 is 2.53 bits per heavy atom. The Hall–Kier alpha value is -2.79. The number of aliphatic hydroxyl groups excluding tert-OH is 2. The van der Waals surface area contributed by atoms with Crippen molar-refractivity contribution in [1.82, 2.24) is 9.97 Å². The number of H-pyrrole nitrogens is 1. The second kappa shape index (κ2) is 12.4. The van der Waals surface area contributed by atoms with E-state index in [1.807, 2.05) is 6.07 Å². The fraction of sp³-hybridized carbons (Fsp3) is 0.581. The first-order valence-corrected chi connectivity index (χ1v) is 14.1. The number of carbonyl (C=O) groups excluding carboxylic acids is 1. The average molecular weight is 520 g/mol. The van der Waals surface area contributed by atoms with Gasteiger partial charge in [-0.05, 0) is 79.5 Å². The molecule has 4 rings (SSSR count). The number of allylic oxidation sites excluding steroid dienone is 2. The molecule has 38 heavy (non-hydrogen) atoms. The number of nitrogens with one attached hydrogen (secondary N) is 1. The Balaban J connectivity index is 1.65. The second-order valence-electron chi connectivity index (χ2n) is 11.1. The van der Waals surface area contributed by atoms with Crippen molar-refractivity contribution >= 4 is 11.4 Å². The Bertz CT molecular complexity index is 1180. The number of aromatic nitrogens is 2. The van der Waals surface area contributed by atoms with Crippen LogP contribution in [0.2, 0.25) is 0 Å². The van der Waals surface area contributed by atoms with Gasteiger partial charge < -0.3 is 19.9 Å². The highest BCUT2D eigenvalue weighted by atomic mass is 16.6. The second-order valence-corrected chi connectivity index (χ2v) is 11.1. The molecule has 7 heteroatoms. The monoisotopic (exact) mass is 519 g/mol. The fourth-order valence-corrected chi connectivity index (χ4v) is 6.15. The van der Waals surface area contributed by atoms with E-state index < -0.39 is 11.2 Å². The number of ketones is 1. The number of rotatable bonds is 13. The molecular formula is C31H41N3O4. The first-order valence-electron chi connectivity index (χ1n) is 14.1. The lowest BCUT2D eigenvalue weighted by atomic mass is 9.78. The van der Waals surface area contributed by atoms with Crippen LogP contribution in [0.4, 0.5) is 0 Å². The third-order valence-electron chi connectivity index (χ3n) is 8.29. The quantitative estimate of drug-likeness (QED) is 0.296. The summed E-state index contributed by atoms with van der Waals surface area (Å²) in [4.78, 5) is 19.7. The summed E-state index contributed by atoms with van der Waals surface area (Å²) in [6.07, 6.45) is 13.0. The molecule has 2 bridgehead atoms. The summed E-state index contributed by atoms with van der Waals surface area (Å²) in [6.45, 7) is 4.32. The molecule has 3 N–H and O–H groups in total. The maximum absolute atomic E-state index is 12.8. The summed E-state index contributed by atoms with van der Waals surface area (Å²) >= 11 is 0. The lowest BCUT2D eigenvalue weighted by molar-refractivity contribution is -0.177. The Morgan fingerprint density at radius 2 is 1.92 bits per heavy atom. The molecule has 2 aliphatic rings. The number of aromatic amines is 1. The van der Waals surface area contributed by atoms with E-state index in [0.29, 0.717) is 12.8 Å². The molecular weight excluding hydrogens is 478 g/mol. The highest BCUT2D eigenvalue weighted by Gasteiger charge is 2.54. The van der Waals surface area contributed by atoms with Gasteiger partial charge in [0.25, 0.3) is 0 Å². The van der Waals surface area contributed by atoms with E-state index in [1.165, 1.54) is 22.9 Å². The number of hydrogen-bond acceptors (Lipinski definition) is 6. The number of hydrogen-bond donors (Lipinski definition) is 3. The summed E-state index contributed by atoms with van der Waals surface area (Å²) in [5, 5.41) is 29.4. The minimum atomic E-state index is -0.578. The molecule has 0 spiro atoms. The number of carbonyl (C=O) groups is 1. The molecule has 204 valence electrons. The van der Waals surface area contributed by atoms with Gasteiger partial charge in [0.2, 0.25) is 0 Å². The standard InChI is InChI=1S/C31H41N3O4/c1-3-5-7-22(8-6-4-2)27-15-24(25-16-30(20-35)13-14-31(17-25,21-36)38-30)10-9-23(27)11-12-28(37)29-33-19-26(18-32)34-29/h7,9-10,15,19,25,35-36H,3-6,8,11-14,16-17,20-21H2,1-2H3,(H,33,34)/b22-7+/t25-,30-,31+. The third-order valence-corrected chi connectivity index (χ3v) is 8.29. The van der Waals surface area contributed by atoms with Crippen molar-refractivity contribution in [1.29, 1.82) is 5.26 Å². The van der Waals surface area contributed by atoms with Gasteiger partial charge in [0.1, 0.15) is 6.07 Å². The number of nitriles is 1. The number of fused-ring (bicyclic) bond motifs is 2. The van der Waals surface area contributed by atoms with E-state index in [-0.39, 0.29) is 36.4 Å². The predicted molar refractivity (Wildman–Crippen MR) is 147 cm³/mol. The summed E-state index contributed by atoms with van der Waals surface area (Å²) in [5.74, 6) is 0.310. The molecule has 0 saturated carbocycles. The number of unbranched alkanes of at least 4 members (excludes halogenated alkanes) is 2. The van der Waals surface area contributed by atoms with Crippen molar-refractivity contribution < 1.29 is 19.7 Å². The van der Waals surface area contributed by atoms with E-state index in [1.54, 1.807) is 0 Å². The van der Waals surface area contributed by atoms with Crippen molar-refractivity contribution in [2.45, 2.75) is 102 Å². The van der Waals surface area contributed by atoms with Crippen LogP contribution in [0.3, 0.4) is 0 Å². The van der Waals surface area contributed by atoms with Crippen molar-refractivity contribution in [3.8, 4) is 6.07 Å². The van der Waals surface area contributed by atoms with Crippen molar-refractivity contribution in [3.05, 3.63) is 58.7 Å². The number of nitrogens with zero attached hydrogens (tertiary/aromatic N) is 2. The SMILES string of the molecule is CCC/C=C(\CCCC)c1cc([C@H]2C[C@]3(CO)CC[C@](CO)(C2)O3)ccc1CCC(=O)c1nc(C#N)c[nH]1. The van der Waals surface area contributed by atoms with Crippen LogP contribution in [-0.4, -0.2) is 50.4 Å². The van der Waals surface area contributed by atoms with Crippen LogP contribution in [0.15, 0.2) is 30.5 Å². The van der Waals surface area contributed by atoms with Crippen LogP contribution >= 0.6 is 0 Å². The van der Waals surface area contributed by atoms with Crippen LogP contribution in [0.5, 0.6) is 0 Å². The van der Waals surface area contributed by atoms with Crippen molar-refractivity contribution in [2.75, 3.05) is 13.2 Å². The molecule has 2 fully saturated rings. The maximum Gasteiger partial charge on any atom is 0.198 e. The van der Waals surface area contributed by atoms with Crippen molar-refractivity contribution in [3.63, 3.8) is 0 Å². The molecule has 1 aromatic carbocycles. The number of aliphatic hydroxyl groups is 2. The number of benzene rings is 1. The summed E-state index contributed by atoms with van der Waals surface area (Å²) in [6, 6.07) is 8.57. The van der Waals surface area contributed by atoms with E-state index in [4.69, 9.17) is 10.00 Å². The molecule has 0 aliphatic carbocycles. The molecule has 2 aromatic rings. The van der Waals surface area contributed by atoms with Gasteiger partial charge >= 0.3 is 0 Å². The number of aryl methyl sites for hydroxylation is 1. The lowest BCUT2D eigenvalue weighted by Crippen LogP contribution is -2.47. The lowest BCUT2D eigenvalue weighted by Gasteiger charge is -2.43. The summed E-state index contributed by atoms with van der Waals surface area (Å²) < 4.78 is 6.27. The molecule has 0 amide bonds. The zero-order valence-corrected chi connectivity index (χ0v) is 22.8. The number of Topliss-reactive ketones (excluding diaryl/α,β-unsaturated/α-hetero) is 1. The van der Waals surface area contributed by atoms with E-state index >= 15 is 0 Å². The summed E-state index contributed by atoms with van der Waals surface area (Å²) in [5.41, 5.74) is 3.93. The van der Waals surface area contributed by atoms with Gasteiger partial charge in [0.05, 0.1) is 24.4 Å². The normalized spacial score (nSPS) is 24.9. The van der Waals surface area contributed by atoms with Gasteiger partial charge in [0, 0.05) is 12.6 Å². The van der Waals surface area contributed by atoms with Gasteiger partial charge in [-0.1, -0.05) is 51.0 Å². The van der Waals surface area contributed by atoms with Crippen LogP contribution in [-0.2, 0) is 11.2 Å². The molecule has 2 aliphatic heterocycles. The molecule has 0 unspecified atom stereocenters. The Labute approximate surface area is 226 Å². The molecule has 3 heterocycles. The van der Waals surface area contributed by atoms with E-state index in [0.717, 1.165) is 63.4 Å². The predicted octanol–water partition coefficient (Wildman–Crippen LogP) is 5.62. The molecule has 2 saturated heterocycles. The van der Waals surface area contributed by atoms with Gasteiger partial charge in [-0.15, -0.1) is 0 Å². The molecule has 0 radical (unpaired) electrons. The van der Waals surface area contributed by atoms with Crippen LogP contribution in [0.1, 0.15) is 117 Å². The number of ether oxygens (including phenoxy) is 1. The van der Waals surface area contributed by atoms with E-state index in [2.05, 4.69) is 48.1 Å². The van der Waals surface area contributed by atoms with Gasteiger partial charge in [-0.3, -0.25) is 4.79 Å². The summed E-state index contributed by atoms with van der Waals surface area (Å²) in [7, 11) is 0. The average Bonchev–Trinajstić information content (AvgIpc) is 3.54. The maximum atomic E-state index is 12.8. The van der Waals surface area contributed by atoms with Crippen LogP contribution in [0, 0.1) is 11.3 Å². The molecule has 3 atom stereocenters. The minimum absolute atomic E-state index is 0.0310. The minimum Gasteiger partial charge on any atom is -0.393 e. The highest BCUT2D eigenvalue weighted by Crippen LogP contribution is 2.53. The van der Waals surface area contributed by atoms with Gasteiger partial charge in [0.15, 0.2) is 17.3 Å². The zero-order chi connectivity index (χ0) is 27.2. The van der Waals surface area contributed by atoms with Crippen molar-refractivity contribution in [2.24, 2.45) is 0 Å². The Kier molecular flexibility index (Phi) is 9.19. The largest absolute Gasteiger partial charge is 0.393 e. The van der Waals surface area contributed by atoms with Crippen LogP contribution in [0.25, 0.3) is 5.57 Å². The molecule has 1 aromatic heterocycles. The van der Waals surface area contributed by atoms with Crippen LogP contribution < -0.4 is 0 Å². The van der Waals surface area contributed by atoms with Gasteiger partial charge in [-0.2, -0.15) is 5.26 Å². The first kappa shape index (κ1) is 28.2. The number of imidazole rings is 1. The topological polar surface area (TPSA) is 119 Å². The Morgan fingerprint density at radius 1 is 1.18 bits per heavy atom. The highest BCUT2D eigenvalue weighted by molar-refractivity contribution is 5.92. The zero-order valence-electron chi connectivity index (χ0n) is 22.8. The third kappa shape index (κ3) is 6.09. The fourth-order valence-electron chi connectivity index (χ4n) is 6.15. The van der Waals surface area contributed by atoms with E-state index in [9.17, 15) is 15.0 Å².